The molecule has 0 aliphatic carbocycles. The average molecular weight is 459 g/mol. The highest BCUT2D eigenvalue weighted by Gasteiger charge is 2.23. The van der Waals surface area contributed by atoms with Gasteiger partial charge >= 0.3 is 0 Å². The van der Waals surface area contributed by atoms with Gasteiger partial charge < -0.3 is 19.8 Å². The van der Waals surface area contributed by atoms with Crippen LogP contribution in [0.25, 0.3) is 0 Å². The molecule has 2 fully saturated rings. The molecule has 8 nitrogen and oxygen atoms in total. The lowest BCUT2D eigenvalue weighted by Gasteiger charge is -2.36. The zero-order valence-corrected chi connectivity index (χ0v) is 19.1. The van der Waals surface area contributed by atoms with Gasteiger partial charge in [0, 0.05) is 70.3 Å². The number of carbonyl (C=O) groups is 1. The molecule has 3 heterocycles. The van der Waals surface area contributed by atoms with Crippen LogP contribution in [0.3, 0.4) is 0 Å². The Balaban J connectivity index is 1.23. The van der Waals surface area contributed by atoms with Crippen molar-refractivity contribution < 1.29 is 9.90 Å². The lowest BCUT2D eigenvalue weighted by Crippen LogP contribution is -2.49. The highest BCUT2D eigenvalue weighted by atomic mass is 35.5. The number of anilines is 2. The van der Waals surface area contributed by atoms with Gasteiger partial charge in [-0.25, -0.2) is 0 Å². The van der Waals surface area contributed by atoms with E-state index in [0.717, 1.165) is 63.0 Å². The number of β-amino-alcohol motifs (C(OH)–C–C–N with tert-alkyl or cyclic N) is 1. The van der Waals surface area contributed by atoms with Crippen LogP contribution in [-0.4, -0.2) is 96.5 Å². The summed E-state index contributed by atoms with van der Waals surface area (Å²) in [4.78, 5) is 21.2. The normalized spacial score (nSPS) is 17.6. The number of carbonyl (C=O) groups excluding carboxylic acids is 1. The summed E-state index contributed by atoms with van der Waals surface area (Å²) in [6.07, 6.45) is 1.21. The topological polar surface area (TPSA) is 76.0 Å². The fraction of sp³-hybridized carbons (Fsp3) is 0.522. The molecule has 0 radical (unpaired) electrons. The first-order valence-electron chi connectivity index (χ1n) is 11.3. The van der Waals surface area contributed by atoms with Crippen LogP contribution in [0.15, 0.2) is 36.4 Å². The third-order valence-corrected chi connectivity index (χ3v) is 6.46. The summed E-state index contributed by atoms with van der Waals surface area (Å²) in [5.74, 6) is 1.94. The Hall–Kier alpha value is -2.42. The van der Waals surface area contributed by atoms with E-state index in [4.69, 9.17) is 16.7 Å². The zero-order valence-electron chi connectivity index (χ0n) is 18.4. The molecule has 2 aromatic rings. The van der Waals surface area contributed by atoms with Gasteiger partial charge in [0.05, 0.1) is 6.61 Å². The maximum absolute atomic E-state index is 12.6. The molecule has 0 saturated carbocycles. The van der Waals surface area contributed by atoms with Crippen molar-refractivity contribution in [1.29, 1.82) is 0 Å². The van der Waals surface area contributed by atoms with Gasteiger partial charge in [-0.1, -0.05) is 23.7 Å². The van der Waals surface area contributed by atoms with Crippen LogP contribution in [-0.2, 0) is 11.2 Å². The molecule has 4 rings (SSSR count). The predicted molar refractivity (Wildman–Crippen MR) is 126 cm³/mol. The number of aliphatic hydroxyl groups is 1. The molecule has 2 saturated heterocycles. The largest absolute Gasteiger partial charge is 0.395 e. The minimum absolute atomic E-state index is 0.186. The minimum atomic E-state index is 0.186. The average Bonchev–Trinajstić information content (AvgIpc) is 2.84. The Kier molecular flexibility index (Phi) is 7.78. The number of piperazine rings is 2. The van der Waals surface area contributed by atoms with Gasteiger partial charge in [0.25, 0.3) is 0 Å². The zero-order chi connectivity index (χ0) is 22.3. The Morgan fingerprint density at radius 3 is 2.09 bits per heavy atom. The first-order chi connectivity index (χ1) is 15.6. The number of hydrogen-bond donors (Lipinski definition) is 1. The number of rotatable bonds is 7. The quantitative estimate of drug-likeness (QED) is 0.674. The number of nitrogens with zero attached hydrogens (tertiary/aromatic N) is 6. The van der Waals surface area contributed by atoms with Crippen LogP contribution in [0.5, 0.6) is 0 Å². The van der Waals surface area contributed by atoms with Crippen LogP contribution < -0.4 is 9.80 Å². The molecular weight excluding hydrogens is 428 g/mol. The highest BCUT2D eigenvalue weighted by molar-refractivity contribution is 6.30. The molecule has 2 aliphatic heterocycles. The first-order valence-corrected chi connectivity index (χ1v) is 11.7. The number of hydrogen-bond acceptors (Lipinski definition) is 7. The molecule has 0 bridgehead atoms. The van der Waals surface area contributed by atoms with Crippen molar-refractivity contribution in [1.82, 2.24) is 20.0 Å². The predicted octanol–water partition coefficient (Wildman–Crippen LogP) is 1.53. The van der Waals surface area contributed by atoms with E-state index < -0.39 is 0 Å². The Morgan fingerprint density at radius 2 is 1.53 bits per heavy atom. The minimum Gasteiger partial charge on any atom is -0.395 e. The van der Waals surface area contributed by atoms with Gasteiger partial charge in [-0.05, 0) is 36.2 Å². The second-order valence-corrected chi connectivity index (χ2v) is 8.74. The van der Waals surface area contributed by atoms with E-state index >= 15 is 0 Å². The SMILES string of the molecule is O=C(CCc1cccc(Cl)c1)N1CCN(c2ccc(N3CCN(CCO)CC3)nn2)CC1. The number of aliphatic hydroxyl groups excluding tert-OH is 1. The lowest BCUT2D eigenvalue weighted by atomic mass is 10.1. The summed E-state index contributed by atoms with van der Waals surface area (Å²) in [5, 5.41) is 18.7. The Morgan fingerprint density at radius 1 is 0.906 bits per heavy atom. The monoisotopic (exact) mass is 458 g/mol. The molecule has 1 N–H and O–H groups in total. The van der Waals surface area contributed by atoms with Crippen molar-refractivity contribution in [3.63, 3.8) is 0 Å². The maximum Gasteiger partial charge on any atom is 0.223 e. The summed E-state index contributed by atoms with van der Waals surface area (Å²) >= 11 is 6.03. The molecule has 9 heteroatoms. The van der Waals surface area contributed by atoms with E-state index in [0.29, 0.717) is 31.0 Å². The Bertz CT molecular complexity index is 880. The van der Waals surface area contributed by atoms with Crippen molar-refractivity contribution in [3.8, 4) is 0 Å². The summed E-state index contributed by atoms with van der Waals surface area (Å²) in [5.41, 5.74) is 1.09. The van der Waals surface area contributed by atoms with Crippen LogP contribution >= 0.6 is 11.6 Å². The molecular formula is C23H31ClN6O2. The number of benzene rings is 1. The van der Waals surface area contributed by atoms with E-state index in [9.17, 15) is 4.79 Å². The molecule has 0 atom stereocenters. The van der Waals surface area contributed by atoms with Gasteiger partial charge in [0.1, 0.15) is 0 Å². The molecule has 32 heavy (non-hydrogen) atoms. The fourth-order valence-electron chi connectivity index (χ4n) is 4.28. The van der Waals surface area contributed by atoms with Gasteiger partial charge in [-0.15, -0.1) is 10.2 Å². The summed E-state index contributed by atoms with van der Waals surface area (Å²) in [7, 11) is 0. The third kappa shape index (κ3) is 5.88. The Labute approximate surface area is 194 Å². The second kappa shape index (κ2) is 10.9. The van der Waals surface area contributed by atoms with Gasteiger partial charge in [-0.3, -0.25) is 9.69 Å². The molecule has 172 valence electrons. The first kappa shape index (κ1) is 22.8. The van der Waals surface area contributed by atoms with Crippen LogP contribution in [0, 0.1) is 0 Å². The second-order valence-electron chi connectivity index (χ2n) is 8.30. The molecule has 1 amide bonds. The van der Waals surface area contributed by atoms with Gasteiger partial charge in [0.2, 0.25) is 5.91 Å². The van der Waals surface area contributed by atoms with E-state index in [1.807, 2.05) is 41.3 Å². The maximum atomic E-state index is 12.6. The molecule has 0 spiro atoms. The van der Waals surface area contributed by atoms with E-state index in [-0.39, 0.29) is 12.5 Å². The lowest BCUT2D eigenvalue weighted by molar-refractivity contribution is -0.131. The van der Waals surface area contributed by atoms with Crippen LogP contribution in [0.2, 0.25) is 5.02 Å². The van der Waals surface area contributed by atoms with Crippen LogP contribution in [0.4, 0.5) is 11.6 Å². The molecule has 1 aromatic carbocycles. The third-order valence-electron chi connectivity index (χ3n) is 6.22. The van der Waals surface area contributed by atoms with Crippen molar-refractivity contribution >= 4 is 29.1 Å². The molecule has 0 unspecified atom stereocenters. The molecule has 1 aromatic heterocycles. The summed E-state index contributed by atoms with van der Waals surface area (Å²) in [6.45, 7) is 7.49. The smallest absolute Gasteiger partial charge is 0.223 e. The number of halogens is 1. The van der Waals surface area contributed by atoms with Crippen LogP contribution in [0.1, 0.15) is 12.0 Å². The number of aryl methyl sites for hydroxylation is 1. The van der Waals surface area contributed by atoms with Crippen molar-refractivity contribution in [3.05, 3.63) is 47.0 Å². The van der Waals surface area contributed by atoms with E-state index in [2.05, 4.69) is 24.9 Å². The van der Waals surface area contributed by atoms with Crippen molar-refractivity contribution in [2.24, 2.45) is 0 Å². The highest BCUT2D eigenvalue weighted by Crippen LogP contribution is 2.19. The van der Waals surface area contributed by atoms with Gasteiger partial charge in [-0.2, -0.15) is 0 Å². The van der Waals surface area contributed by atoms with Gasteiger partial charge in [0.15, 0.2) is 11.6 Å². The van der Waals surface area contributed by atoms with Crippen molar-refractivity contribution in [2.75, 3.05) is 75.3 Å². The fourth-order valence-corrected chi connectivity index (χ4v) is 4.50. The van der Waals surface area contributed by atoms with Crippen molar-refractivity contribution in [2.45, 2.75) is 12.8 Å². The number of aromatic nitrogens is 2. The standard InChI is InChI=1S/C23H31ClN6O2/c24-20-3-1-2-19(18-20)4-7-23(32)30-14-12-29(13-15-30)22-6-5-21(25-26-22)28-10-8-27(9-11-28)16-17-31/h1-3,5-6,18,31H,4,7-17H2. The summed E-state index contributed by atoms with van der Waals surface area (Å²) in [6, 6.07) is 11.8. The van der Waals surface area contributed by atoms with E-state index in [1.54, 1.807) is 0 Å². The number of amides is 1. The molecule has 2 aliphatic rings. The van der Waals surface area contributed by atoms with E-state index in [1.165, 1.54) is 0 Å². The summed E-state index contributed by atoms with van der Waals surface area (Å²) < 4.78 is 0.